The van der Waals surface area contributed by atoms with Gasteiger partial charge in [-0.05, 0) is 25.0 Å². The molecule has 0 aliphatic heterocycles. The highest BCUT2D eigenvalue weighted by Crippen LogP contribution is 2.17. The van der Waals surface area contributed by atoms with E-state index in [-0.39, 0.29) is 17.8 Å². The zero-order chi connectivity index (χ0) is 15.4. The number of nitrogens with one attached hydrogen (secondary N) is 2. The van der Waals surface area contributed by atoms with Crippen LogP contribution in [0.4, 0.5) is 0 Å². The Kier molecular flexibility index (Phi) is 4.37. The molecule has 2 aromatic rings. The van der Waals surface area contributed by atoms with E-state index in [1.54, 1.807) is 12.1 Å². The Morgan fingerprint density at radius 1 is 1.14 bits per heavy atom. The van der Waals surface area contributed by atoms with Gasteiger partial charge in [-0.2, -0.15) is 4.68 Å². The number of amides is 1. The first-order valence-electron chi connectivity index (χ1n) is 7.79. The largest absolute Gasteiger partial charge is 0.348 e. The summed E-state index contributed by atoms with van der Waals surface area (Å²) in [6.45, 7) is 0. The van der Waals surface area contributed by atoms with Crippen molar-refractivity contribution in [1.82, 2.24) is 20.1 Å². The summed E-state index contributed by atoms with van der Waals surface area (Å²) in [6, 6.07) is 9.23. The van der Waals surface area contributed by atoms with Crippen LogP contribution in [-0.4, -0.2) is 26.7 Å². The first-order valence-corrected chi connectivity index (χ1v) is 7.79. The molecule has 1 amide bonds. The van der Waals surface area contributed by atoms with Crippen LogP contribution in [0.15, 0.2) is 35.1 Å². The lowest BCUT2D eigenvalue weighted by atomic mass is 10.1. The molecule has 1 fully saturated rings. The molecule has 116 valence electrons. The number of hydrogen-bond acceptors (Lipinski definition) is 3. The van der Waals surface area contributed by atoms with Crippen molar-refractivity contribution in [3.8, 4) is 5.69 Å². The predicted octanol–water partition coefficient (Wildman–Crippen LogP) is 2.01. The molecular formula is C16H20N4O2. The molecule has 2 N–H and O–H groups in total. The molecule has 3 rings (SSSR count). The second-order valence-corrected chi connectivity index (χ2v) is 5.69. The van der Waals surface area contributed by atoms with Gasteiger partial charge < -0.3 is 5.32 Å². The van der Waals surface area contributed by atoms with Crippen molar-refractivity contribution in [2.45, 2.75) is 44.6 Å². The van der Waals surface area contributed by atoms with Gasteiger partial charge in [0.1, 0.15) is 0 Å². The normalized spacial score (nSPS) is 16.2. The third-order valence-corrected chi connectivity index (χ3v) is 4.02. The number of rotatable bonds is 3. The molecule has 0 saturated heterocycles. The standard InChI is InChI=1S/C16H20N4O2/c21-15(17-12-8-4-1-2-5-9-12)14-18-16(22)20(19-14)13-10-6-3-7-11-13/h3,6-7,10-12H,1-2,4-5,8-9H2,(H,17,21)(H,18,19,22). The van der Waals surface area contributed by atoms with Gasteiger partial charge in [0.15, 0.2) is 0 Å². The summed E-state index contributed by atoms with van der Waals surface area (Å²) in [4.78, 5) is 26.8. The van der Waals surface area contributed by atoms with Gasteiger partial charge in [-0.1, -0.05) is 43.9 Å². The molecule has 22 heavy (non-hydrogen) atoms. The van der Waals surface area contributed by atoms with Crippen LogP contribution in [0.5, 0.6) is 0 Å². The van der Waals surface area contributed by atoms with Crippen LogP contribution in [0.2, 0.25) is 0 Å². The molecule has 0 atom stereocenters. The minimum absolute atomic E-state index is 0.0677. The Balaban J connectivity index is 1.75. The average molecular weight is 300 g/mol. The van der Waals surface area contributed by atoms with Gasteiger partial charge in [0.05, 0.1) is 5.69 Å². The molecule has 1 aromatic heterocycles. The maximum Gasteiger partial charge on any atom is 0.348 e. The fourth-order valence-electron chi connectivity index (χ4n) is 2.85. The van der Waals surface area contributed by atoms with Crippen LogP contribution in [0, 0.1) is 0 Å². The monoisotopic (exact) mass is 300 g/mol. The highest BCUT2D eigenvalue weighted by atomic mass is 16.2. The van der Waals surface area contributed by atoms with E-state index in [0.717, 1.165) is 25.7 Å². The summed E-state index contributed by atoms with van der Waals surface area (Å²) < 4.78 is 1.21. The third-order valence-electron chi connectivity index (χ3n) is 4.02. The van der Waals surface area contributed by atoms with Gasteiger partial charge in [-0.15, -0.1) is 5.10 Å². The fraction of sp³-hybridized carbons (Fsp3) is 0.438. The molecule has 0 bridgehead atoms. The summed E-state index contributed by atoms with van der Waals surface area (Å²) >= 11 is 0. The Labute approximate surface area is 128 Å². The van der Waals surface area contributed by atoms with E-state index in [0.29, 0.717) is 5.69 Å². The molecule has 6 heteroatoms. The maximum absolute atomic E-state index is 12.3. The number of carbonyl (C=O) groups is 1. The van der Waals surface area contributed by atoms with Crippen molar-refractivity contribution < 1.29 is 4.79 Å². The highest BCUT2D eigenvalue weighted by molar-refractivity contribution is 5.90. The molecule has 0 spiro atoms. The van der Waals surface area contributed by atoms with E-state index in [9.17, 15) is 9.59 Å². The molecule has 1 aliphatic rings. The first kappa shape index (κ1) is 14.6. The zero-order valence-electron chi connectivity index (χ0n) is 12.4. The van der Waals surface area contributed by atoms with Crippen LogP contribution in [-0.2, 0) is 0 Å². The third kappa shape index (κ3) is 3.27. The molecule has 1 saturated carbocycles. The molecule has 1 aromatic carbocycles. The topological polar surface area (TPSA) is 79.8 Å². The Hall–Kier alpha value is -2.37. The quantitative estimate of drug-likeness (QED) is 0.851. The molecule has 0 unspecified atom stereocenters. The molecular weight excluding hydrogens is 280 g/mol. The van der Waals surface area contributed by atoms with Crippen LogP contribution in [0.3, 0.4) is 0 Å². The molecule has 6 nitrogen and oxygen atoms in total. The summed E-state index contributed by atoms with van der Waals surface area (Å²) in [5.74, 6) is -0.239. The maximum atomic E-state index is 12.3. The zero-order valence-corrected chi connectivity index (χ0v) is 12.4. The van der Waals surface area contributed by atoms with E-state index >= 15 is 0 Å². The van der Waals surface area contributed by atoms with Gasteiger partial charge in [0.2, 0.25) is 5.82 Å². The Morgan fingerprint density at radius 3 is 2.50 bits per heavy atom. The summed E-state index contributed by atoms with van der Waals surface area (Å²) in [7, 11) is 0. The summed E-state index contributed by atoms with van der Waals surface area (Å²) in [5, 5.41) is 7.09. The van der Waals surface area contributed by atoms with Gasteiger partial charge in [0, 0.05) is 6.04 Å². The van der Waals surface area contributed by atoms with Crippen molar-refractivity contribution in [3.05, 3.63) is 46.6 Å². The Bertz CT molecular complexity index is 682. The van der Waals surface area contributed by atoms with Crippen LogP contribution in [0.25, 0.3) is 5.69 Å². The summed E-state index contributed by atoms with van der Waals surface area (Å²) in [6.07, 6.45) is 6.72. The van der Waals surface area contributed by atoms with Crippen LogP contribution < -0.4 is 11.0 Å². The SMILES string of the molecule is O=C(NC1CCCCCC1)c1nn(-c2ccccc2)c(=O)[nH]1. The van der Waals surface area contributed by atoms with Crippen molar-refractivity contribution in [2.75, 3.05) is 0 Å². The lowest BCUT2D eigenvalue weighted by Gasteiger charge is -2.14. The number of hydrogen-bond donors (Lipinski definition) is 2. The smallest absolute Gasteiger partial charge is 0.347 e. The van der Waals surface area contributed by atoms with Crippen LogP contribution >= 0.6 is 0 Å². The Morgan fingerprint density at radius 2 is 1.82 bits per heavy atom. The van der Waals surface area contributed by atoms with E-state index in [4.69, 9.17) is 0 Å². The van der Waals surface area contributed by atoms with Gasteiger partial charge >= 0.3 is 5.69 Å². The minimum atomic E-state index is -0.405. The van der Waals surface area contributed by atoms with Gasteiger partial charge in [-0.3, -0.25) is 9.78 Å². The average Bonchev–Trinajstić information content (AvgIpc) is 2.75. The van der Waals surface area contributed by atoms with Crippen molar-refractivity contribution in [1.29, 1.82) is 0 Å². The highest BCUT2D eigenvalue weighted by Gasteiger charge is 2.19. The number of para-hydroxylation sites is 1. The molecule has 0 radical (unpaired) electrons. The van der Waals surface area contributed by atoms with Gasteiger partial charge in [0.25, 0.3) is 5.91 Å². The molecule has 1 heterocycles. The van der Waals surface area contributed by atoms with Crippen molar-refractivity contribution in [3.63, 3.8) is 0 Å². The number of aromatic nitrogens is 3. The number of aromatic amines is 1. The van der Waals surface area contributed by atoms with Crippen molar-refractivity contribution in [2.24, 2.45) is 0 Å². The van der Waals surface area contributed by atoms with E-state index in [2.05, 4.69) is 15.4 Å². The number of nitrogens with zero attached hydrogens (tertiary/aromatic N) is 2. The second kappa shape index (κ2) is 6.60. The first-order chi connectivity index (χ1) is 10.7. The number of benzene rings is 1. The number of H-pyrrole nitrogens is 1. The van der Waals surface area contributed by atoms with Gasteiger partial charge in [-0.25, -0.2) is 4.79 Å². The molecule has 1 aliphatic carbocycles. The summed E-state index contributed by atoms with van der Waals surface area (Å²) in [5.41, 5.74) is 0.231. The van der Waals surface area contributed by atoms with E-state index in [1.165, 1.54) is 17.5 Å². The fourth-order valence-corrected chi connectivity index (χ4v) is 2.85. The van der Waals surface area contributed by atoms with E-state index in [1.807, 2.05) is 18.2 Å². The van der Waals surface area contributed by atoms with Crippen LogP contribution in [0.1, 0.15) is 49.1 Å². The minimum Gasteiger partial charge on any atom is -0.347 e. The lowest BCUT2D eigenvalue weighted by Crippen LogP contribution is -2.35. The predicted molar refractivity (Wildman–Crippen MR) is 83.1 cm³/mol. The second-order valence-electron chi connectivity index (χ2n) is 5.69. The number of carbonyl (C=O) groups excluding carboxylic acids is 1. The van der Waals surface area contributed by atoms with Crippen molar-refractivity contribution >= 4 is 5.91 Å². The lowest BCUT2D eigenvalue weighted by molar-refractivity contribution is 0.0923. The van der Waals surface area contributed by atoms with E-state index < -0.39 is 5.69 Å².